The van der Waals surface area contributed by atoms with Crippen LogP contribution in [0.4, 0.5) is 0 Å². The first-order valence-electron chi connectivity index (χ1n) is 7.40. The summed E-state index contributed by atoms with van der Waals surface area (Å²) < 4.78 is 5.33. The molecule has 1 aliphatic carbocycles. The molecule has 6 nitrogen and oxygen atoms in total. The van der Waals surface area contributed by atoms with Crippen molar-refractivity contribution in [3.8, 4) is 22.8 Å². The van der Waals surface area contributed by atoms with Crippen molar-refractivity contribution in [1.82, 2.24) is 20.3 Å². The molecule has 3 aromatic rings. The lowest BCUT2D eigenvalue weighted by Crippen LogP contribution is -2.44. The van der Waals surface area contributed by atoms with E-state index in [2.05, 4.69) is 39.4 Å². The fourth-order valence-corrected chi connectivity index (χ4v) is 2.62. The largest absolute Gasteiger partial charge is 0.332 e. The number of halogens is 1. The van der Waals surface area contributed by atoms with Gasteiger partial charge in [-0.25, -0.2) is 0 Å². The van der Waals surface area contributed by atoms with Gasteiger partial charge in [-0.2, -0.15) is 10.1 Å². The molecule has 0 spiro atoms. The minimum absolute atomic E-state index is 0. The van der Waals surface area contributed by atoms with Crippen molar-refractivity contribution >= 4 is 12.4 Å². The summed E-state index contributed by atoms with van der Waals surface area (Å²) in [5, 5.41) is 11.3. The van der Waals surface area contributed by atoms with E-state index < -0.39 is 5.54 Å². The third kappa shape index (κ3) is 2.75. The maximum Gasteiger partial charge on any atom is 0.276 e. The molecular formula is C16H18ClN5O. The monoisotopic (exact) mass is 331 g/mol. The molecule has 2 aromatic heterocycles. The number of nitrogens with zero attached hydrogens (tertiary/aromatic N) is 3. The third-order valence-electron chi connectivity index (χ3n) is 4.27. The Labute approximate surface area is 139 Å². The molecule has 4 rings (SSSR count). The van der Waals surface area contributed by atoms with Crippen molar-refractivity contribution in [2.24, 2.45) is 5.73 Å². The summed E-state index contributed by atoms with van der Waals surface area (Å²) in [6.45, 7) is 2.06. The number of hydrogen-bond acceptors (Lipinski definition) is 5. The molecule has 0 radical (unpaired) electrons. The Hall–Kier alpha value is -2.18. The number of aryl methyl sites for hydroxylation is 1. The van der Waals surface area contributed by atoms with Crippen molar-refractivity contribution in [3.05, 3.63) is 41.7 Å². The van der Waals surface area contributed by atoms with Crippen molar-refractivity contribution < 1.29 is 4.52 Å². The lowest BCUT2D eigenvalue weighted by molar-refractivity contribution is 0.229. The highest BCUT2D eigenvalue weighted by atomic mass is 35.5. The quantitative estimate of drug-likeness (QED) is 0.768. The molecule has 0 bridgehead atoms. The van der Waals surface area contributed by atoms with E-state index in [0.29, 0.717) is 17.4 Å². The highest BCUT2D eigenvalue weighted by Gasteiger charge is 2.39. The number of nitrogens with two attached hydrogens (primary N) is 1. The van der Waals surface area contributed by atoms with E-state index in [1.807, 2.05) is 18.2 Å². The maximum absolute atomic E-state index is 6.22. The number of aromatic nitrogens is 4. The second-order valence-electron chi connectivity index (χ2n) is 5.97. The van der Waals surface area contributed by atoms with Gasteiger partial charge in [0.15, 0.2) is 5.82 Å². The molecule has 0 saturated heterocycles. The predicted molar refractivity (Wildman–Crippen MR) is 89.0 cm³/mol. The lowest BCUT2D eigenvalue weighted by atomic mass is 9.77. The maximum atomic E-state index is 6.22. The second kappa shape index (κ2) is 5.79. The summed E-state index contributed by atoms with van der Waals surface area (Å²) in [6, 6.07) is 10.1. The van der Waals surface area contributed by atoms with Gasteiger partial charge in [-0.3, -0.25) is 5.10 Å². The molecule has 7 heteroatoms. The summed E-state index contributed by atoms with van der Waals surface area (Å²) in [4.78, 5) is 4.42. The first-order chi connectivity index (χ1) is 10.6. The van der Waals surface area contributed by atoms with Gasteiger partial charge in [0.05, 0.1) is 11.2 Å². The number of hydrogen-bond donors (Lipinski definition) is 2. The molecule has 23 heavy (non-hydrogen) atoms. The van der Waals surface area contributed by atoms with Crippen molar-refractivity contribution in [2.45, 2.75) is 31.7 Å². The van der Waals surface area contributed by atoms with Crippen molar-refractivity contribution in [2.75, 3.05) is 0 Å². The molecule has 0 amide bonds. The Morgan fingerprint density at radius 1 is 1.22 bits per heavy atom. The number of benzene rings is 1. The van der Waals surface area contributed by atoms with Gasteiger partial charge < -0.3 is 10.3 Å². The van der Waals surface area contributed by atoms with Gasteiger partial charge >= 0.3 is 0 Å². The van der Waals surface area contributed by atoms with Gasteiger partial charge in [0.25, 0.3) is 5.89 Å². The Kier molecular flexibility index (Phi) is 3.95. The van der Waals surface area contributed by atoms with Gasteiger partial charge in [0.1, 0.15) is 5.69 Å². The average molecular weight is 332 g/mol. The van der Waals surface area contributed by atoms with E-state index in [4.69, 9.17) is 10.3 Å². The second-order valence-corrected chi connectivity index (χ2v) is 5.97. The standard InChI is InChI=1S/C16H17N5O.ClH/c1-10-3-5-11(6-4-10)12-9-13(20-19-12)14-18-15(21-22-14)16(17)7-2-8-16;/h3-6,9H,2,7-8,17H2,1H3,(H,19,20);1H. The molecule has 0 atom stereocenters. The molecule has 1 aromatic carbocycles. The molecule has 120 valence electrons. The van der Waals surface area contributed by atoms with Gasteiger partial charge in [0, 0.05) is 5.56 Å². The summed E-state index contributed by atoms with van der Waals surface area (Å²) >= 11 is 0. The van der Waals surface area contributed by atoms with Crippen LogP contribution in [0.15, 0.2) is 34.9 Å². The number of rotatable bonds is 3. The first kappa shape index (κ1) is 15.7. The summed E-state index contributed by atoms with van der Waals surface area (Å²) in [6.07, 6.45) is 2.93. The molecule has 1 fully saturated rings. The van der Waals surface area contributed by atoms with Crippen LogP contribution in [0.5, 0.6) is 0 Å². The van der Waals surface area contributed by atoms with Crippen LogP contribution < -0.4 is 5.73 Å². The van der Waals surface area contributed by atoms with Crippen LogP contribution in [0.25, 0.3) is 22.8 Å². The normalized spacial score (nSPS) is 15.7. The molecule has 1 saturated carbocycles. The van der Waals surface area contributed by atoms with Gasteiger partial charge in [-0.1, -0.05) is 35.0 Å². The van der Waals surface area contributed by atoms with Crippen LogP contribution in [-0.2, 0) is 5.54 Å². The average Bonchev–Trinajstić information content (AvgIpc) is 3.14. The lowest BCUT2D eigenvalue weighted by Gasteiger charge is -2.34. The van der Waals surface area contributed by atoms with E-state index in [1.165, 1.54) is 5.56 Å². The van der Waals surface area contributed by atoms with Crippen LogP contribution in [0.2, 0.25) is 0 Å². The Morgan fingerprint density at radius 2 is 1.96 bits per heavy atom. The van der Waals surface area contributed by atoms with Crippen molar-refractivity contribution in [3.63, 3.8) is 0 Å². The van der Waals surface area contributed by atoms with Crippen LogP contribution in [-0.4, -0.2) is 20.3 Å². The minimum Gasteiger partial charge on any atom is -0.332 e. The number of nitrogens with one attached hydrogen (secondary N) is 1. The van der Waals surface area contributed by atoms with E-state index in [9.17, 15) is 0 Å². The Balaban J connectivity index is 0.00000156. The highest BCUT2D eigenvalue weighted by molar-refractivity contribution is 5.85. The van der Waals surface area contributed by atoms with E-state index in [0.717, 1.165) is 30.5 Å². The van der Waals surface area contributed by atoms with Crippen LogP contribution in [0.1, 0.15) is 30.7 Å². The summed E-state index contributed by atoms with van der Waals surface area (Å²) in [7, 11) is 0. The molecule has 3 N–H and O–H groups in total. The van der Waals surface area contributed by atoms with Gasteiger partial charge in [-0.15, -0.1) is 12.4 Å². The fraction of sp³-hybridized carbons (Fsp3) is 0.312. The van der Waals surface area contributed by atoms with Crippen molar-refractivity contribution in [1.29, 1.82) is 0 Å². The van der Waals surface area contributed by atoms with Crippen LogP contribution in [0.3, 0.4) is 0 Å². The Bertz CT molecular complexity index is 804. The number of aromatic amines is 1. The topological polar surface area (TPSA) is 93.6 Å². The Morgan fingerprint density at radius 3 is 2.61 bits per heavy atom. The molecular weight excluding hydrogens is 314 g/mol. The zero-order valence-corrected chi connectivity index (χ0v) is 13.6. The minimum atomic E-state index is -0.415. The smallest absolute Gasteiger partial charge is 0.276 e. The predicted octanol–water partition coefficient (Wildman–Crippen LogP) is 3.19. The van der Waals surface area contributed by atoms with E-state index >= 15 is 0 Å². The zero-order valence-electron chi connectivity index (χ0n) is 12.7. The number of H-pyrrole nitrogens is 1. The van der Waals surface area contributed by atoms with E-state index in [1.54, 1.807) is 0 Å². The summed E-state index contributed by atoms with van der Waals surface area (Å²) in [5.41, 5.74) is 9.61. The molecule has 0 aliphatic heterocycles. The van der Waals surface area contributed by atoms with Gasteiger partial charge in [-0.05, 0) is 32.3 Å². The SMILES string of the molecule is Cc1ccc(-c2cc(-c3nc(C4(N)CCC4)no3)[nH]n2)cc1.Cl. The first-order valence-corrected chi connectivity index (χ1v) is 7.40. The van der Waals surface area contributed by atoms with Crippen LogP contribution in [0, 0.1) is 6.92 Å². The fourth-order valence-electron chi connectivity index (χ4n) is 2.62. The van der Waals surface area contributed by atoms with E-state index in [-0.39, 0.29) is 12.4 Å². The molecule has 0 unspecified atom stereocenters. The van der Waals surface area contributed by atoms with Crippen LogP contribution >= 0.6 is 12.4 Å². The molecule has 1 aliphatic rings. The third-order valence-corrected chi connectivity index (χ3v) is 4.27. The molecule has 2 heterocycles. The van der Waals surface area contributed by atoms with Gasteiger partial charge in [0.2, 0.25) is 0 Å². The zero-order chi connectivity index (χ0) is 15.2. The summed E-state index contributed by atoms with van der Waals surface area (Å²) in [5.74, 6) is 1.01. The highest BCUT2D eigenvalue weighted by Crippen LogP contribution is 2.37.